The fourth-order valence-corrected chi connectivity index (χ4v) is 1.49. The molecular formula is C15H18N2O5. The summed E-state index contributed by atoms with van der Waals surface area (Å²) in [6.07, 6.45) is -0.567. The second-order valence-electron chi connectivity index (χ2n) is 5.30. The summed E-state index contributed by atoms with van der Waals surface area (Å²) in [5.41, 5.74) is -0.276. The fraction of sp³-hybridized carbons (Fsp3) is 0.400. The van der Waals surface area contributed by atoms with Crippen LogP contribution in [0.4, 0.5) is 10.5 Å². The Morgan fingerprint density at radius 1 is 1.41 bits per heavy atom. The summed E-state index contributed by atoms with van der Waals surface area (Å²) in [6.45, 7) is 5.35. The predicted molar refractivity (Wildman–Crippen MR) is 80.8 cm³/mol. The summed E-state index contributed by atoms with van der Waals surface area (Å²) in [5.74, 6) is 5.59. The summed E-state index contributed by atoms with van der Waals surface area (Å²) in [4.78, 5) is 21.7. The first kappa shape index (κ1) is 17.3. The van der Waals surface area contributed by atoms with E-state index in [0.29, 0.717) is 5.56 Å². The average Bonchev–Trinajstić information content (AvgIpc) is 2.41. The topological polar surface area (TPSA) is 90.7 Å². The van der Waals surface area contributed by atoms with Gasteiger partial charge < -0.3 is 14.8 Å². The molecule has 0 aliphatic carbocycles. The highest BCUT2D eigenvalue weighted by Gasteiger charge is 2.15. The lowest BCUT2D eigenvalue weighted by molar-refractivity contribution is -0.385. The van der Waals surface area contributed by atoms with Crippen molar-refractivity contribution in [2.24, 2.45) is 0 Å². The number of nitro groups is 1. The van der Waals surface area contributed by atoms with Crippen LogP contribution in [-0.2, 0) is 4.74 Å². The first-order chi connectivity index (χ1) is 10.2. The molecule has 7 heteroatoms. The lowest BCUT2D eigenvalue weighted by Gasteiger charge is -2.18. The number of alkyl carbamates (subject to hydrolysis) is 1. The number of nitrogens with one attached hydrogen (secondary N) is 1. The normalized spacial score (nSPS) is 10.2. The van der Waals surface area contributed by atoms with E-state index in [2.05, 4.69) is 17.2 Å². The van der Waals surface area contributed by atoms with Crippen LogP contribution in [0.3, 0.4) is 0 Å². The zero-order valence-electron chi connectivity index (χ0n) is 12.9. The molecule has 1 rings (SSSR count). The Morgan fingerprint density at radius 3 is 2.64 bits per heavy atom. The summed E-state index contributed by atoms with van der Waals surface area (Å²) in [7, 11) is 1.36. The summed E-state index contributed by atoms with van der Waals surface area (Å²) in [5, 5.41) is 13.4. The molecule has 0 fully saturated rings. The van der Waals surface area contributed by atoms with Gasteiger partial charge in [0, 0.05) is 11.6 Å². The van der Waals surface area contributed by atoms with Crippen LogP contribution in [0, 0.1) is 22.0 Å². The van der Waals surface area contributed by atoms with Crippen molar-refractivity contribution in [3.63, 3.8) is 0 Å². The van der Waals surface area contributed by atoms with Crippen molar-refractivity contribution < 1.29 is 19.2 Å². The SMILES string of the molecule is COc1ccc(C#CCNC(=O)OC(C)(C)C)cc1[N+](=O)[O-]. The standard InChI is InChI=1S/C15H18N2O5/c1-15(2,3)22-14(18)16-9-5-6-11-7-8-13(21-4)12(10-11)17(19)20/h7-8,10H,9H2,1-4H3,(H,16,18). The lowest BCUT2D eigenvalue weighted by atomic mass is 10.2. The third-order valence-electron chi connectivity index (χ3n) is 2.33. The molecule has 0 radical (unpaired) electrons. The van der Waals surface area contributed by atoms with Crippen LogP contribution in [0.2, 0.25) is 0 Å². The summed E-state index contributed by atoms with van der Waals surface area (Å²) < 4.78 is 9.95. The molecule has 22 heavy (non-hydrogen) atoms. The minimum absolute atomic E-state index is 0.0781. The van der Waals surface area contributed by atoms with Gasteiger partial charge in [-0.15, -0.1) is 0 Å². The van der Waals surface area contributed by atoms with Crippen molar-refractivity contribution in [1.82, 2.24) is 5.32 Å². The van der Waals surface area contributed by atoms with Crippen molar-refractivity contribution in [3.8, 4) is 17.6 Å². The van der Waals surface area contributed by atoms with Gasteiger partial charge in [0.1, 0.15) is 5.60 Å². The zero-order valence-corrected chi connectivity index (χ0v) is 12.9. The van der Waals surface area contributed by atoms with Gasteiger partial charge in [0.2, 0.25) is 0 Å². The van der Waals surface area contributed by atoms with Gasteiger partial charge in [-0.25, -0.2) is 4.79 Å². The van der Waals surface area contributed by atoms with Gasteiger partial charge in [-0.05, 0) is 32.9 Å². The Labute approximate surface area is 128 Å². The van der Waals surface area contributed by atoms with E-state index in [1.807, 2.05) is 0 Å². The number of benzene rings is 1. The number of carbonyl (C=O) groups excluding carboxylic acids is 1. The van der Waals surface area contributed by atoms with E-state index in [4.69, 9.17) is 9.47 Å². The molecule has 1 aromatic carbocycles. The van der Waals surface area contributed by atoms with E-state index in [9.17, 15) is 14.9 Å². The highest BCUT2D eigenvalue weighted by Crippen LogP contribution is 2.26. The van der Waals surface area contributed by atoms with Crippen LogP contribution in [0.15, 0.2) is 18.2 Å². The molecule has 7 nitrogen and oxygen atoms in total. The molecule has 0 atom stereocenters. The molecule has 0 saturated heterocycles. The fourth-order valence-electron chi connectivity index (χ4n) is 1.49. The van der Waals surface area contributed by atoms with Crippen molar-refractivity contribution in [3.05, 3.63) is 33.9 Å². The number of methoxy groups -OCH3 is 1. The maximum atomic E-state index is 11.4. The average molecular weight is 306 g/mol. The molecule has 1 amide bonds. The van der Waals surface area contributed by atoms with Crippen molar-refractivity contribution in [2.45, 2.75) is 26.4 Å². The van der Waals surface area contributed by atoms with Crippen molar-refractivity contribution in [1.29, 1.82) is 0 Å². The summed E-state index contributed by atoms with van der Waals surface area (Å²) >= 11 is 0. The quantitative estimate of drug-likeness (QED) is 0.526. The molecule has 0 heterocycles. The number of rotatable bonds is 3. The van der Waals surface area contributed by atoms with E-state index in [1.54, 1.807) is 26.8 Å². The van der Waals surface area contributed by atoms with E-state index >= 15 is 0 Å². The van der Waals surface area contributed by atoms with Crippen molar-refractivity contribution in [2.75, 3.05) is 13.7 Å². The first-order valence-electron chi connectivity index (χ1n) is 6.51. The van der Waals surface area contributed by atoms with Crippen LogP contribution in [-0.4, -0.2) is 30.3 Å². The van der Waals surface area contributed by atoms with E-state index < -0.39 is 16.6 Å². The molecule has 0 unspecified atom stereocenters. The second kappa shape index (κ2) is 7.31. The molecule has 0 bridgehead atoms. The lowest BCUT2D eigenvalue weighted by Crippen LogP contribution is -2.32. The van der Waals surface area contributed by atoms with E-state index in [1.165, 1.54) is 19.2 Å². The van der Waals surface area contributed by atoms with Crippen LogP contribution < -0.4 is 10.1 Å². The smallest absolute Gasteiger partial charge is 0.408 e. The van der Waals surface area contributed by atoms with E-state index in [0.717, 1.165) is 0 Å². The van der Waals surface area contributed by atoms with Crippen LogP contribution in [0.5, 0.6) is 5.75 Å². The molecular weight excluding hydrogens is 288 g/mol. The second-order valence-corrected chi connectivity index (χ2v) is 5.30. The van der Waals surface area contributed by atoms with Crippen molar-refractivity contribution >= 4 is 11.8 Å². The van der Waals surface area contributed by atoms with E-state index in [-0.39, 0.29) is 18.0 Å². The number of nitro benzene ring substituents is 1. The Balaban J connectivity index is 2.67. The molecule has 1 aromatic rings. The highest BCUT2D eigenvalue weighted by atomic mass is 16.6. The maximum absolute atomic E-state index is 11.4. The van der Waals surface area contributed by atoms with Gasteiger partial charge in [-0.1, -0.05) is 11.8 Å². The van der Waals surface area contributed by atoms with Gasteiger partial charge >= 0.3 is 11.8 Å². The van der Waals surface area contributed by atoms with Crippen LogP contribution in [0.1, 0.15) is 26.3 Å². The maximum Gasteiger partial charge on any atom is 0.408 e. The molecule has 0 saturated carbocycles. The minimum Gasteiger partial charge on any atom is -0.490 e. The predicted octanol–water partition coefficient (Wildman–Crippen LogP) is 2.48. The summed E-state index contributed by atoms with van der Waals surface area (Å²) in [6, 6.07) is 4.40. The van der Waals surface area contributed by atoms with Gasteiger partial charge in [-0.3, -0.25) is 10.1 Å². The zero-order chi connectivity index (χ0) is 16.8. The molecule has 0 aliphatic rings. The Morgan fingerprint density at radius 2 is 2.09 bits per heavy atom. The van der Waals surface area contributed by atoms with Gasteiger partial charge in [0.25, 0.3) is 0 Å². The third-order valence-corrected chi connectivity index (χ3v) is 2.33. The van der Waals surface area contributed by atoms with Crippen LogP contribution in [0.25, 0.3) is 0 Å². The molecule has 0 spiro atoms. The number of hydrogen-bond acceptors (Lipinski definition) is 5. The first-order valence-corrected chi connectivity index (χ1v) is 6.51. The third kappa shape index (κ3) is 5.71. The van der Waals surface area contributed by atoms with Crippen LogP contribution >= 0.6 is 0 Å². The minimum atomic E-state index is -0.575. The largest absolute Gasteiger partial charge is 0.490 e. The molecule has 1 N–H and O–H groups in total. The van der Waals surface area contributed by atoms with Gasteiger partial charge in [0.15, 0.2) is 5.75 Å². The molecule has 0 aromatic heterocycles. The Kier molecular flexibility index (Phi) is 5.75. The number of nitrogens with zero attached hydrogens (tertiary/aromatic N) is 1. The number of hydrogen-bond donors (Lipinski definition) is 1. The molecule has 0 aliphatic heterocycles. The van der Waals surface area contributed by atoms with Gasteiger partial charge in [0.05, 0.1) is 18.6 Å². The molecule has 118 valence electrons. The number of ether oxygens (including phenoxy) is 2. The van der Waals surface area contributed by atoms with Gasteiger partial charge in [-0.2, -0.15) is 0 Å². The number of carbonyl (C=O) groups is 1. The number of amides is 1. The highest BCUT2D eigenvalue weighted by molar-refractivity contribution is 5.68. The Bertz CT molecular complexity index is 623. The monoisotopic (exact) mass is 306 g/mol. The Hall–Kier alpha value is -2.75.